The minimum atomic E-state index is -0.406. The Kier molecular flexibility index (Phi) is 4.03. The first-order valence-corrected chi connectivity index (χ1v) is 11.3. The minimum Gasteiger partial charge on any atom is -0.390 e. The second-order valence-electron chi connectivity index (χ2n) is 12.0. The van der Waals surface area contributed by atoms with E-state index in [1.807, 2.05) is 0 Å². The standard InChI is InChI=1S/C24H42O/c1-16(2)18-7-8-19-23(18,5)12-10-20-22(4)14-13-21(3,25)15-17(22)9-11-24(19,20)6/h16-20,25H,7-15H2,1-6H3/t17-,18-,19?,20?,21-,22+,23-,24+/m1/s1. The Balaban J connectivity index is 1.66. The Morgan fingerprint density at radius 2 is 1.36 bits per heavy atom. The molecule has 0 radical (unpaired) electrons. The SMILES string of the molecule is CC(C)[C@H]1CCC2[C@]3(C)CC[C@@H]4C[C@](C)(O)CC[C@]4(C)C3CC[C@@]21C. The topological polar surface area (TPSA) is 20.2 Å². The molecule has 4 fully saturated rings. The summed E-state index contributed by atoms with van der Waals surface area (Å²) in [5, 5.41) is 10.7. The van der Waals surface area contributed by atoms with E-state index in [1.54, 1.807) is 0 Å². The largest absolute Gasteiger partial charge is 0.390 e. The van der Waals surface area contributed by atoms with Crippen LogP contribution in [0.3, 0.4) is 0 Å². The molecule has 0 aromatic rings. The number of hydrogen-bond donors (Lipinski definition) is 1. The maximum absolute atomic E-state index is 10.7. The summed E-state index contributed by atoms with van der Waals surface area (Å²) in [4.78, 5) is 0. The molecule has 25 heavy (non-hydrogen) atoms. The highest BCUT2D eigenvalue weighted by atomic mass is 16.3. The molecule has 2 unspecified atom stereocenters. The van der Waals surface area contributed by atoms with Gasteiger partial charge in [-0.3, -0.25) is 0 Å². The van der Waals surface area contributed by atoms with Crippen LogP contribution in [0.15, 0.2) is 0 Å². The summed E-state index contributed by atoms with van der Waals surface area (Å²) in [7, 11) is 0. The van der Waals surface area contributed by atoms with E-state index < -0.39 is 5.60 Å². The van der Waals surface area contributed by atoms with Crippen molar-refractivity contribution in [1.82, 2.24) is 0 Å². The van der Waals surface area contributed by atoms with Gasteiger partial charge in [-0.15, -0.1) is 0 Å². The van der Waals surface area contributed by atoms with Crippen molar-refractivity contribution in [1.29, 1.82) is 0 Å². The van der Waals surface area contributed by atoms with Gasteiger partial charge >= 0.3 is 0 Å². The van der Waals surface area contributed by atoms with Crippen LogP contribution in [-0.4, -0.2) is 10.7 Å². The average Bonchev–Trinajstić information content (AvgIpc) is 2.87. The van der Waals surface area contributed by atoms with Gasteiger partial charge < -0.3 is 5.11 Å². The van der Waals surface area contributed by atoms with Gasteiger partial charge in [0.05, 0.1) is 5.60 Å². The molecule has 0 amide bonds. The predicted octanol–water partition coefficient (Wildman–Crippen LogP) is 6.44. The second-order valence-corrected chi connectivity index (χ2v) is 12.0. The van der Waals surface area contributed by atoms with E-state index in [-0.39, 0.29) is 0 Å². The van der Waals surface area contributed by atoms with E-state index in [0.29, 0.717) is 16.2 Å². The molecular formula is C24H42O. The molecular weight excluding hydrogens is 304 g/mol. The van der Waals surface area contributed by atoms with Gasteiger partial charge in [-0.2, -0.15) is 0 Å². The Hall–Kier alpha value is -0.0400. The molecule has 0 spiro atoms. The van der Waals surface area contributed by atoms with Crippen LogP contribution in [0.1, 0.15) is 99.3 Å². The van der Waals surface area contributed by atoms with E-state index in [4.69, 9.17) is 0 Å². The fraction of sp³-hybridized carbons (Fsp3) is 1.00. The summed E-state index contributed by atoms with van der Waals surface area (Å²) < 4.78 is 0. The molecule has 1 N–H and O–H groups in total. The lowest BCUT2D eigenvalue weighted by Crippen LogP contribution is -2.60. The van der Waals surface area contributed by atoms with E-state index in [0.717, 1.165) is 42.4 Å². The molecule has 0 aromatic carbocycles. The molecule has 0 bridgehead atoms. The van der Waals surface area contributed by atoms with E-state index in [2.05, 4.69) is 41.5 Å². The minimum absolute atomic E-state index is 0.406. The van der Waals surface area contributed by atoms with Crippen molar-refractivity contribution < 1.29 is 5.11 Å². The third-order valence-corrected chi connectivity index (χ3v) is 10.4. The van der Waals surface area contributed by atoms with Crippen molar-refractivity contribution >= 4 is 0 Å². The maximum Gasteiger partial charge on any atom is 0.0622 e. The van der Waals surface area contributed by atoms with E-state index in [1.165, 1.54) is 44.9 Å². The third kappa shape index (κ3) is 2.43. The molecule has 1 heteroatoms. The summed E-state index contributed by atoms with van der Waals surface area (Å²) >= 11 is 0. The lowest BCUT2D eigenvalue weighted by atomic mass is 9.39. The lowest BCUT2D eigenvalue weighted by Gasteiger charge is -2.66. The normalized spacial score (nSPS) is 58.6. The van der Waals surface area contributed by atoms with Gasteiger partial charge in [0, 0.05) is 0 Å². The van der Waals surface area contributed by atoms with Gasteiger partial charge in [0.15, 0.2) is 0 Å². The van der Waals surface area contributed by atoms with Crippen LogP contribution >= 0.6 is 0 Å². The van der Waals surface area contributed by atoms with Crippen molar-refractivity contribution in [2.24, 2.45) is 45.8 Å². The second kappa shape index (κ2) is 5.49. The zero-order valence-electron chi connectivity index (χ0n) is 17.7. The van der Waals surface area contributed by atoms with Gasteiger partial charge in [-0.05, 0) is 111 Å². The first-order valence-electron chi connectivity index (χ1n) is 11.3. The Bertz CT molecular complexity index is 536. The zero-order valence-corrected chi connectivity index (χ0v) is 17.7. The van der Waals surface area contributed by atoms with Crippen LogP contribution in [0.5, 0.6) is 0 Å². The zero-order chi connectivity index (χ0) is 18.3. The Morgan fingerprint density at radius 3 is 2.04 bits per heavy atom. The Morgan fingerprint density at radius 1 is 0.720 bits per heavy atom. The lowest BCUT2D eigenvalue weighted by molar-refractivity contribution is -0.187. The summed E-state index contributed by atoms with van der Waals surface area (Å²) in [6, 6.07) is 0. The van der Waals surface area contributed by atoms with E-state index in [9.17, 15) is 5.11 Å². The maximum atomic E-state index is 10.7. The summed E-state index contributed by atoms with van der Waals surface area (Å²) in [6.45, 7) is 15.0. The molecule has 0 aliphatic heterocycles. The monoisotopic (exact) mass is 346 g/mol. The van der Waals surface area contributed by atoms with Crippen LogP contribution in [-0.2, 0) is 0 Å². The highest BCUT2D eigenvalue weighted by Crippen LogP contribution is 2.73. The van der Waals surface area contributed by atoms with Crippen LogP contribution in [0, 0.1) is 45.8 Å². The smallest absolute Gasteiger partial charge is 0.0622 e. The van der Waals surface area contributed by atoms with Crippen LogP contribution in [0.2, 0.25) is 0 Å². The third-order valence-electron chi connectivity index (χ3n) is 10.4. The fourth-order valence-electron chi connectivity index (χ4n) is 9.25. The first-order chi connectivity index (χ1) is 11.5. The highest BCUT2D eigenvalue weighted by molar-refractivity contribution is 5.14. The van der Waals surface area contributed by atoms with Gasteiger partial charge in [-0.1, -0.05) is 34.6 Å². The molecule has 0 heterocycles. The number of hydrogen-bond acceptors (Lipinski definition) is 1. The molecule has 4 saturated carbocycles. The first kappa shape index (κ1) is 18.3. The van der Waals surface area contributed by atoms with Crippen LogP contribution in [0.25, 0.3) is 0 Å². The predicted molar refractivity (Wildman–Crippen MR) is 105 cm³/mol. The van der Waals surface area contributed by atoms with Crippen molar-refractivity contribution in [2.75, 3.05) is 0 Å². The molecule has 8 atom stereocenters. The average molecular weight is 347 g/mol. The van der Waals surface area contributed by atoms with Crippen LogP contribution in [0.4, 0.5) is 0 Å². The quantitative estimate of drug-likeness (QED) is 0.579. The van der Waals surface area contributed by atoms with Crippen molar-refractivity contribution in [2.45, 2.75) is 105 Å². The molecule has 4 aliphatic carbocycles. The molecule has 4 rings (SSSR count). The Labute approximate surface area is 156 Å². The van der Waals surface area contributed by atoms with Crippen molar-refractivity contribution in [3.63, 3.8) is 0 Å². The summed E-state index contributed by atoms with van der Waals surface area (Å²) in [5.41, 5.74) is 1.21. The number of aliphatic hydroxyl groups is 1. The molecule has 0 saturated heterocycles. The van der Waals surface area contributed by atoms with Crippen molar-refractivity contribution in [3.05, 3.63) is 0 Å². The highest BCUT2D eigenvalue weighted by Gasteiger charge is 2.65. The molecule has 0 aromatic heterocycles. The van der Waals surface area contributed by atoms with E-state index >= 15 is 0 Å². The van der Waals surface area contributed by atoms with Gasteiger partial charge in [-0.25, -0.2) is 0 Å². The number of rotatable bonds is 1. The fourth-order valence-corrected chi connectivity index (χ4v) is 9.25. The number of fused-ring (bicyclic) bond motifs is 5. The van der Waals surface area contributed by atoms with Gasteiger partial charge in [0.2, 0.25) is 0 Å². The summed E-state index contributed by atoms with van der Waals surface area (Å²) in [6.07, 6.45) is 11.9. The van der Waals surface area contributed by atoms with Gasteiger partial charge in [0.25, 0.3) is 0 Å². The molecule has 144 valence electrons. The van der Waals surface area contributed by atoms with Crippen LogP contribution < -0.4 is 0 Å². The van der Waals surface area contributed by atoms with Crippen molar-refractivity contribution in [3.8, 4) is 0 Å². The van der Waals surface area contributed by atoms with Gasteiger partial charge in [0.1, 0.15) is 0 Å². The molecule has 1 nitrogen and oxygen atoms in total. The summed E-state index contributed by atoms with van der Waals surface area (Å²) in [5.74, 6) is 4.35. The molecule has 4 aliphatic rings.